The minimum Gasteiger partial charge on any atom is -0.462 e. The highest BCUT2D eigenvalue weighted by Crippen LogP contribution is 2.29. The van der Waals surface area contributed by atoms with Crippen molar-refractivity contribution in [3.8, 4) is 5.69 Å². The Balaban J connectivity index is 2.09. The monoisotopic (exact) mass is 470 g/mol. The molecule has 0 radical (unpaired) electrons. The molecular formula is C23H25BF2N4O4. The average molecular weight is 470 g/mol. The SMILES string of the molecule is Bc1c(N2CC(NC)C2)c(F)cc2c(=O)c(C(=O)OCC)cn(-c3cc(N)c(F)cc3CO)c12. The van der Waals surface area contributed by atoms with Crippen LogP contribution in [0.15, 0.2) is 29.2 Å². The molecule has 11 heteroatoms. The second kappa shape index (κ2) is 9.07. The molecule has 1 aliphatic heterocycles. The first-order chi connectivity index (χ1) is 16.2. The predicted molar refractivity (Wildman–Crippen MR) is 129 cm³/mol. The highest BCUT2D eigenvalue weighted by molar-refractivity contribution is 6.42. The van der Waals surface area contributed by atoms with Crippen molar-refractivity contribution in [2.24, 2.45) is 0 Å². The van der Waals surface area contributed by atoms with E-state index < -0.39 is 29.6 Å². The van der Waals surface area contributed by atoms with Gasteiger partial charge in [0.05, 0.1) is 35.8 Å². The molecule has 1 aliphatic rings. The van der Waals surface area contributed by atoms with Gasteiger partial charge in [0.1, 0.15) is 25.0 Å². The van der Waals surface area contributed by atoms with Crippen LogP contribution >= 0.6 is 0 Å². The number of halogens is 2. The fraction of sp³-hybridized carbons (Fsp3) is 0.304. The molecule has 4 N–H and O–H groups in total. The van der Waals surface area contributed by atoms with Crippen molar-refractivity contribution in [2.75, 3.05) is 37.4 Å². The first-order valence-corrected chi connectivity index (χ1v) is 10.9. The molecular weight excluding hydrogens is 445 g/mol. The molecule has 0 unspecified atom stereocenters. The number of carbonyl (C=O) groups is 1. The molecule has 0 bridgehead atoms. The third-order valence-corrected chi connectivity index (χ3v) is 6.18. The zero-order valence-electron chi connectivity index (χ0n) is 19.1. The Hall–Kier alpha value is -3.44. The van der Waals surface area contributed by atoms with Gasteiger partial charge in [-0.25, -0.2) is 13.6 Å². The van der Waals surface area contributed by atoms with Gasteiger partial charge in [-0.05, 0) is 37.6 Å². The lowest BCUT2D eigenvalue weighted by molar-refractivity contribution is 0.0524. The van der Waals surface area contributed by atoms with Crippen LogP contribution < -0.4 is 26.8 Å². The second-order valence-corrected chi connectivity index (χ2v) is 8.24. The van der Waals surface area contributed by atoms with Gasteiger partial charge in [-0.15, -0.1) is 0 Å². The van der Waals surface area contributed by atoms with Crippen LogP contribution in [-0.4, -0.2) is 56.3 Å². The third kappa shape index (κ3) is 3.80. The molecule has 178 valence electrons. The number of nitrogens with two attached hydrogens (primary N) is 1. The summed E-state index contributed by atoms with van der Waals surface area (Å²) in [5.41, 5.74) is 6.17. The number of esters is 1. The number of nitrogens with one attached hydrogen (secondary N) is 1. The number of rotatable bonds is 6. The standard InChI is InChI=1S/C23H25BF2N4O4/c1-3-34-23(33)14-9-30(18-6-17(27)15(25)4-11(18)10-31)20-13(22(14)32)5-16(26)21(19(20)24)29-7-12(8-29)28-2/h4-6,9,12,28,31H,3,7-8,10,24,27H2,1-2H3. The summed E-state index contributed by atoms with van der Waals surface area (Å²) in [6, 6.07) is 3.71. The van der Waals surface area contributed by atoms with E-state index in [0.29, 0.717) is 29.8 Å². The van der Waals surface area contributed by atoms with Crippen molar-refractivity contribution >= 4 is 41.6 Å². The Kier molecular flexibility index (Phi) is 6.33. The van der Waals surface area contributed by atoms with E-state index in [-0.39, 0.29) is 40.5 Å². The molecule has 0 aliphatic carbocycles. The lowest BCUT2D eigenvalue weighted by atomic mass is 9.87. The van der Waals surface area contributed by atoms with Gasteiger partial charge in [0, 0.05) is 36.3 Å². The van der Waals surface area contributed by atoms with Crippen molar-refractivity contribution in [1.82, 2.24) is 9.88 Å². The van der Waals surface area contributed by atoms with Crippen LogP contribution in [0.3, 0.4) is 0 Å². The summed E-state index contributed by atoms with van der Waals surface area (Å²) < 4.78 is 35.9. The van der Waals surface area contributed by atoms with Crippen LogP contribution in [0.4, 0.5) is 20.2 Å². The molecule has 3 aromatic rings. The van der Waals surface area contributed by atoms with Crippen LogP contribution in [0.5, 0.6) is 0 Å². The maximum atomic E-state index is 15.3. The quantitative estimate of drug-likeness (QED) is 0.268. The number of aromatic nitrogens is 1. The van der Waals surface area contributed by atoms with Crippen molar-refractivity contribution in [2.45, 2.75) is 19.6 Å². The summed E-state index contributed by atoms with van der Waals surface area (Å²) in [5, 5.41) is 13.0. The van der Waals surface area contributed by atoms with Gasteiger partial charge in [0.2, 0.25) is 5.43 Å². The van der Waals surface area contributed by atoms with Gasteiger partial charge in [-0.2, -0.15) is 0 Å². The number of nitrogens with zero attached hydrogens (tertiary/aromatic N) is 2. The van der Waals surface area contributed by atoms with Crippen molar-refractivity contribution in [3.63, 3.8) is 0 Å². The Morgan fingerprint density at radius 1 is 1.29 bits per heavy atom. The van der Waals surface area contributed by atoms with E-state index in [0.717, 1.165) is 12.1 Å². The maximum Gasteiger partial charge on any atom is 0.343 e. The molecule has 8 nitrogen and oxygen atoms in total. The molecule has 2 aromatic carbocycles. The largest absolute Gasteiger partial charge is 0.462 e. The summed E-state index contributed by atoms with van der Waals surface area (Å²) in [6.07, 6.45) is 1.27. The topological polar surface area (TPSA) is 110 Å². The Labute approximate surface area is 195 Å². The van der Waals surface area contributed by atoms with E-state index in [1.54, 1.807) is 14.8 Å². The van der Waals surface area contributed by atoms with Crippen molar-refractivity contribution < 1.29 is 23.4 Å². The van der Waals surface area contributed by atoms with Gasteiger partial charge in [-0.3, -0.25) is 4.79 Å². The number of ether oxygens (including phenoxy) is 1. The van der Waals surface area contributed by atoms with E-state index in [4.69, 9.17) is 10.5 Å². The van der Waals surface area contributed by atoms with Gasteiger partial charge in [-0.1, -0.05) is 0 Å². The Morgan fingerprint density at radius 3 is 2.62 bits per heavy atom. The normalized spacial score (nSPS) is 13.9. The van der Waals surface area contributed by atoms with E-state index in [9.17, 15) is 19.1 Å². The first-order valence-electron chi connectivity index (χ1n) is 10.9. The van der Waals surface area contributed by atoms with E-state index in [2.05, 4.69) is 5.32 Å². The summed E-state index contributed by atoms with van der Waals surface area (Å²) in [7, 11) is 3.51. The van der Waals surface area contributed by atoms with Crippen LogP contribution in [0.25, 0.3) is 16.6 Å². The summed E-state index contributed by atoms with van der Waals surface area (Å²) >= 11 is 0. The van der Waals surface area contributed by atoms with Crippen LogP contribution in [0.1, 0.15) is 22.8 Å². The van der Waals surface area contributed by atoms with Gasteiger partial charge >= 0.3 is 5.97 Å². The summed E-state index contributed by atoms with van der Waals surface area (Å²) in [5.74, 6) is -2.18. The molecule has 2 heterocycles. The number of likely N-dealkylation sites (N-methyl/N-ethyl adjacent to an activating group) is 1. The zero-order chi connectivity index (χ0) is 24.7. The minimum atomic E-state index is -0.870. The summed E-state index contributed by atoms with van der Waals surface area (Å²) in [4.78, 5) is 27.6. The average Bonchev–Trinajstić information content (AvgIpc) is 2.77. The fourth-order valence-corrected chi connectivity index (χ4v) is 4.38. The number of anilines is 2. The van der Waals surface area contributed by atoms with Crippen LogP contribution in [0, 0.1) is 11.6 Å². The number of aliphatic hydroxyl groups excluding tert-OH is 1. The highest BCUT2D eigenvalue weighted by atomic mass is 19.1. The molecule has 4 rings (SSSR count). The number of hydrogen-bond donors (Lipinski definition) is 3. The van der Waals surface area contributed by atoms with E-state index >= 15 is 4.39 Å². The number of hydrogen-bond acceptors (Lipinski definition) is 7. The Bertz CT molecular complexity index is 1360. The number of nitrogen functional groups attached to an aromatic ring is 1. The van der Waals surface area contributed by atoms with Crippen LogP contribution in [-0.2, 0) is 11.3 Å². The van der Waals surface area contributed by atoms with Gasteiger partial charge in [0.15, 0.2) is 0 Å². The molecule has 0 spiro atoms. The molecule has 0 amide bonds. The second-order valence-electron chi connectivity index (χ2n) is 8.24. The highest BCUT2D eigenvalue weighted by Gasteiger charge is 2.31. The minimum absolute atomic E-state index is 0.0373. The lowest BCUT2D eigenvalue weighted by Crippen LogP contribution is -2.58. The molecule has 1 fully saturated rings. The van der Waals surface area contributed by atoms with Gasteiger partial charge < -0.3 is 30.4 Å². The lowest BCUT2D eigenvalue weighted by Gasteiger charge is -2.42. The molecule has 1 saturated heterocycles. The number of pyridine rings is 1. The zero-order valence-corrected chi connectivity index (χ0v) is 19.1. The first kappa shape index (κ1) is 23.7. The fourth-order valence-electron chi connectivity index (χ4n) is 4.38. The molecule has 1 aromatic heterocycles. The van der Waals surface area contributed by atoms with Crippen molar-refractivity contribution in [1.29, 1.82) is 0 Å². The maximum absolute atomic E-state index is 15.3. The van der Waals surface area contributed by atoms with Crippen LogP contribution in [0.2, 0.25) is 0 Å². The van der Waals surface area contributed by atoms with Gasteiger partial charge in [0.25, 0.3) is 0 Å². The smallest absolute Gasteiger partial charge is 0.343 e. The number of benzene rings is 2. The van der Waals surface area contributed by atoms with Crippen molar-refractivity contribution in [3.05, 3.63) is 57.4 Å². The number of aliphatic hydroxyl groups is 1. The predicted octanol–water partition coefficient (Wildman–Crippen LogP) is 0.187. The summed E-state index contributed by atoms with van der Waals surface area (Å²) in [6.45, 7) is 2.27. The number of carbonyl (C=O) groups excluding carboxylic acids is 1. The molecule has 34 heavy (non-hydrogen) atoms. The molecule has 0 atom stereocenters. The number of fused-ring (bicyclic) bond motifs is 1. The molecule has 0 saturated carbocycles. The third-order valence-electron chi connectivity index (χ3n) is 6.18. The Morgan fingerprint density at radius 2 is 2.00 bits per heavy atom. The van der Waals surface area contributed by atoms with E-state index in [1.807, 2.05) is 11.9 Å². The van der Waals surface area contributed by atoms with E-state index in [1.165, 1.54) is 16.8 Å².